The van der Waals surface area contributed by atoms with E-state index in [0.29, 0.717) is 46.5 Å². The van der Waals surface area contributed by atoms with Crippen LogP contribution in [-0.2, 0) is 0 Å². The van der Waals surface area contributed by atoms with E-state index in [4.69, 9.17) is 4.98 Å². The number of rotatable bonds is 8. The van der Waals surface area contributed by atoms with Crippen LogP contribution in [0.25, 0.3) is 28.0 Å². The molecule has 0 aliphatic rings. The van der Waals surface area contributed by atoms with Gasteiger partial charge in [-0.1, -0.05) is 12.1 Å². The number of aromatic nitrogens is 3. The van der Waals surface area contributed by atoms with Gasteiger partial charge in [0.25, 0.3) is 11.5 Å². The number of amides is 1. The van der Waals surface area contributed by atoms with E-state index in [0.717, 1.165) is 22.3 Å². The molecule has 2 heterocycles. The molecule has 0 aliphatic heterocycles. The molecular weight excluding hydrogens is 545 g/mol. The lowest BCUT2D eigenvalue weighted by atomic mass is 9.99. The molecule has 0 unspecified atom stereocenters. The minimum Gasteiger partial charge on any atom is -0.353 e. The van der Waals surface area contributed by atoms with E-state index in [9.17, 15) is 22.8 Å². The third kappa shape index (κ3) is 5.59. The molecule has 0 saturated heterocycles. The number of aryl methyl sites for hydroxylation is 2. The number of benzene rings is 3. The molecule has 214 valence electrons. The molecule has 5 rings (SSSR count). The van der Waals surface area contributed by atoms with Crippen LogP contribution in [0.3, 0.4) is 0 Å². The molecule has 11 heteroatoms. The molecule has 0 radical (unpaired) electrons. The molecule has 3 N–H and O–H groups in total. The van der Waals surface area contributed by atoms with Gasteiger partial charge in [-0.2, -0.15) is 4.98 Å². The second-order valence-electron chi connectivity index (χ2n) is 9.69. The highest BCUT2D eigenvalue weighted by Crippen LogP contribution is 2.32. The second-order valence-corrected chi connectivity index (χ2v) is 9.69. The number of anilines is 2. The average molecular weight is 573 g/mol. The number of hydrogen-bond acceptors (Lipinski definition) is 6. The van der Waals surface area contributed by atoms with Crippen LogP contribution >= 0.6 is 0 Å². The molecule has 0 bridgehead atoms. The first kappa shape index (κ1) is 28.5. The summed E-state index contributed by atoms with van der Waals surface area (Å²) >= 11 is 0. The minimum absolute atomic E-state index is 0.0144. The summed E-state index contributed by atoms with van der Waals surface area (Å²) in [4.78, 5) is 35.4. The minimum atomic E-state index is -0.930. The van der Waals surface area contributed by atoms with Crippen molar-refractivity contribution < 1.29 is 18.0 Å². The number of nitrogens with one attached hydrogen (secondary N) is 3. The maximum absolute atomic E-state index is 14.9. The molecule has 0 spiro atoms. The first-order valence-corrected chi connectivity index (χ1v) is 13.1. The average Bonchev–Trinajstić information content (AvgIpc) is 2.96. The Hall–Kier alpha value is -5.03. The molecule has 8 nitrogen and oxygen atoms in total. The Labute approximate surface area is 239 Å². The molecule has 0 aliphatic carbocycles. The largest absolute Gasteiger partial charge is 0.353 e. The quantitative estimate of drug-likeness (QED) is 0.216. The number of carbonyl (C=O) groups is 1. The van der Waals surface area contributed by atoms with Crippen molar-refractivity contribution in [3.05, 3.63) is 111 Å². The first-order valence-electron chi connectivity index (χ1n) is 13.1. The van der Waals surface area contributed by atoms with Crippen molar-refractivity contribution in [2.45, 2.75) is 13.8 Å². The number of pyridine rings is 1. The van der Waals surface area contributed by atoms with Crippen molar-refractivity contribution in [2.24, 2.45) is 0 Å². The number of fused-ring (bicyclic) bond motifs is 1. The van der Waals surface area contributed by atoms with Gasteiger partial charge >= 0.3 is 0 Å². The summed E-state index contributed by atoms with van der Waals surface area (Å²) in [6.07, 6.45) is 0. The fourth-order valence-electron chi connectivity index (χ4n) is 4.56. The fraction of sp³-hybridized carbons (Fsp3) is 0.161. The Bertz CT molecular complexity index is 1870. The van der Waals surface area contributed by atoms with E-state index in [1.54, 1.807) is 32.2 Å². The van der Waals surface area contributed by atoms with Crippen molar-refractivity contribution in [3.8, 4) is 16.9 Å². The van der Waals surface area contributed by atoms with Gasteiger partial charge in [-0.15, -0.1) is 0 Å². The topological polar surface area (TPSA) is 101 Å². The van der Waals surface area contributed by atoms with E-state index in [2.05, 4.69) is 20.9 Å². The second kappa shape index (κ2) is 11.8. The normalized spacial score (nSPS) is 11.1. The van der Waals surface area contributed by atoms with Crippen LogP contribution < -0.4 is 21.5 Å². The standard InChI is InChI=1S/C31H27F3N6O2/c1-17-7-8-19(30(42)37-20-9-11-23(32)18(2)15-20)16-22(17)27-21-10-12-26(41)40(28-24(33)5-4-6-25(28)34)29(21)39-31(38-27)36-14-13-35-3/h4-12,15-16,35H,13-14H2,1-3H3,(H,37,42)(H,36,38,39). The van der Waals surface area contributed by atoms with Gasteiger partial charge in [0, 0.05) is 41.4 Å². The molecule has 3 aromatic carbocycles. The number of para-hydroxylation sites is 1. The molecule has 5 aromatic rings. The van der Waals surface area contributed by atoms with Gasteiger partial charge in [0.05, 0.1) is 5.69 Å². The van der Waals surface area contributed by atoms with Gasteiger partial charge in [-0.25, -0.2) is 18.2 Å². The monoisotopic (exact) mass is 572 g/mol. The molecule has 2 aromatic heterocycles. The van der Waals surface area contributed by atoms with E-state index in [-0.39, 0.29) is 17.4 Å². The van der Waals surface area contributed by atoms with Crippen LogP contribution in [-0.4, -0.2) is 40.6 Å². The highest BCUT2D eigenvalue weighted by atomic mass is 19.1. The van der Waals surface area contributed by atoms with Crippen LogP contribution in [0.2, 0.25) is 0 Å². The Morgan fingerprint density at radius 3 is 2.33 bits per heavy atom. The summed E-state index contributed by atoms with van der Waals surface area (Å²) in [6.45, 7) is 4.42. The van der Waals surface area contributed by atoms with Crippen LogP contribution in [0, 0.1) is 31.3 Å². The van der Waals surface area contributed by atoms with Crippen LogP contribution in [0.1, 0.15) is 21.5 Å². The summed E-state index contributed by atoms with van der Waals surface area (Å²) in [7, 11) is 1.78. The SMILES string of the molecule is CNCCNc1nc(-c2cc(C(=O)Nc3ccc(F)c(C)c3)ccc2C)c2ccc(=O)n(-c3c(F)cccc3F)c2n1. The number of carbonyl (C=O) groups excluding carboxylic acids is 1. The predicted molar refractivity (Wildman–Crippen MR) is 157 cm³/mol. The molecule has 0 fully saturated rings. The molecule has 1 amide bonds. The predicted octanol–water partition coefficient (Wildman–Crippen LogP) is 5.37. The number of likely N-dealkylation sites (N-methyl/N-ethyl adjacent to an activating group) is 1. The molecule has 0 saturated carbocycles. The first-order chi connectivity index (χ1) is 20.2. The van der Waals surface area contributed by atoms with Crippen molar-refractivity contribution in [2.75, 3.05) is 30.8 Å². The van der Waals surface area contributed by atoms with Crippen LogP contribution in [0.15, 0.2) is 71.5 Å². The Morgan fingerprint density at radius 2 is 1.62 bits per heavy atom. The molecule has 42 heavy (non-hydrogen) atoms. The Kier molecular flexibility index (Phi) is 8.03. The maximum Gasteiger partial charge on any atom is 0.256 e. The lowest BCUT2D eigenvalue weighted by molar-refractivity contribution is 0.102. The van der Waals surface area contributed by atoms with Crippen molar-refractivity contribution in [3.63, 3.8) is 0 Å². The van der Waals surface area contributed by atoms with Crippen molar-refractivity contribution in [1.82, 2.24) is 19.9 Å². The van der Waals surface area contributed by atoms with Gasteiger partial charge in [0.15, 0.2) is 5.65 Å². The Balaban J connectivity index is 1.69. The zero-order valence-corrected chi connectivity index (χ0v) is 23.1. The highest BCUT2D eigenvalue weighted by Gasteiger charge is 2.21. The van der Waals surface area contributed by atoms with E-state index in [1.807, 2.05) is 6.92 Å². The molecule has 0 atom stereocenters. The third-order valence-electron chi connectivity index (χ3n) is 6.74. The molecular formula is C31H27F3N6O2. The van der Waals surface area contributed by atoms with Gasteiger partial charge in [0.1, 0.15) is 23.1 Å². The van der Waals surface area contributed by atoms with E-state index < -0.39 is 28.8 Å². The summed E-state index contributed by atoms with van der Waals surface area (Å²) in [5.41, 5.74) is 1.50. The van der Waals surface area contributed by atoms with E-state index >= 15 is 0 Å². The zero-order chi connectivity index (χ0) is 30.0. The van der Waals surface area contributed by atoms with Gasteiger partial charge in [0.2, 0.25) is 5.95 Å². The smallest absolute Gasteiger partial charge is 0.256 e. The summed E-state index contributed by atoms with van der Waals surface area (Å²) in [5, 5.41) is 9.19. The fourth-order valence-corrected chi connectivity index (χ4v) is 4.56. The zero-order valence-electron chi connectivity index (χ0n) is 23.1. The number of hydrogen-bond donors (Lipinski definition) is 3. The van der Waals surface area contributed by atoms with Crippen LogP contribution in [0.5, 0.6) is 0 Å². The summed E-state index contributed by atoms with van der Waals surface area (Å²) in [6, 6.07) is 15.3. The maximum atomic E-state index is 14.9. The number of nitrogens with zero attached hydrogens (tertiary/aromatic N) is 3. The van der Waals surface area contributed by atoms with E-state index in [1.165, 1.54) is 36.4 Å². The number of halogens is 3. The highest BCUT2D eigenvalue weighted by molar-refractivity contribution is 6.05. The van der Waals surface area contributed by atoms with Gasteiger partial charge < -0.3 is 16.0 Å². The lowest BCUT2D eigenvalue weighted by Gasteiger charge is -2.16. The van der Waals surface area contributed by atoms with Gasteiger partial charge in [-0.3, -0.25) is 14.2 Å². The third-order valence-corrected chi connectivity index (χ3v) is 6.74. The van der Waals surface area contributed by atoms with Crippen molar-refractivity contribution >= 4 is 28.6 Å². The lowest BCUT2D eigenvalue weighted by Crippen LogP contribution is -2.23. The summed E-state index contributed by atoms with van der Waals surface area (Å²) < 4.78 is 44.4. The van der Waals surface area contributed by atoms with Crippen molar-refractivity contribution in [1.29, 1.82) is 0 Å². The Morgan fingerprint density at radius 1 is 0.857 bits per heavy atom. The summed E-state index contributed by atoms with van der Waals surface area (Å²) in [5.74, 6) is -2.55. The van der Waals surface area contributed by atoms with Crippen LogP contribution in [0.4, 0.5) is 24.8 Å². The van der Waals surface area contributed by atoms with Gasteiger partial charge in [-0.05, 0) is 80.6 Å².